The molecule has 3 aromatic carbocycles. The minimum absolute atomic E-state index is 0.140. The topological polar surface area (TPSA) is 84.1 Å². The van der Waals surface area contributed by atoms with Crippen LogP contribution in [0.2, 0.25) is 0 Å². The molecule has 1 amide bonds. The lowest BCUT2D eigenvalue weighted by molar-refractivity contribution is -0.111. The van der Waals surface area contributed by atoms with Crippen LogP contribution >= 0.6 is 11.3 Å². The first-order chi connectivity index (χ1) is 17.4. The molecule has 4 aromatic rings. The van der Waals surface area contributed by atoms with Crippen LogP contribution in [0.15, 0.2) is 83.7 Å². The van der Waals surface area contributed by atoms with Gasteiger partial charge in [-0.3, -0.25) is 14.2 Å². The number of nitrogens with zero attached hydrogens (tertiary/aromatic N) is 2. The first-order valence-electron chi connectivity index (χ1n) is 11.4. The van der Waals surface area contributed by atoms with Gasteiger partial charge in [0, 0.05) is 5.69 Å². The van der Waals surface area contributed by atoms with Gasteiger partial charge in [-0.05, 0) is 59.5 Å². The number of hydrogen-bond acceptors (Lipinski definition) is 5. The number of nitrogens with one attached hydrogen (secondary N) is 1. The van der Waals surface area contributed by atoms with Crippen molar-refractivity contribution in [1.82, 2.24) is 4.57 Å². The Kier molecular flexibility index (Phi) is 7.47. The van der Waals surface area contributed by atoms with Crippen molar-refractivity contribution in [2.45, 2.75) is 19.8 Å². The molecule has 0 aliphatic rings. The molecule has 0 aliphatic heterocycles. The summed E-state index contributed by atoms with van der Waals surface area (Å²) in [6.45, 7) is 4.18. The van der Waals surface area contributed by atoms with Gasteiger partial charge < -0.3 is 10.1 Å². The van der Waals surface area contributed by atoms with Crippen LogP contribution in [-0.4, -0.2) is 17.6 Å². The molecule has 0 spiro atoms. The van der Waals surface area contributed by atoms with Gasteiger partial charge in [-0.25, -0.2) is 0 Å². The van der Waals surface area contributed by atoms with E-state index in [-0.39, 0.29) is 15.8 Å². The van der Waals surface area contributed by atoms with Crippen molar-refractivity contribution in [2.24, 2.45) is 0 Å². The maximum Gasteiger partial charge on any atom is 0.273 e. The van der Waals surface area contributed by atoms with E-state index in [2.05, 4.69) is 19.2 Å². The van der Waals surface area contributed by atoms with E-state index in [0.29, 0.717) is 27.6 Å². The van der Waals surface area contributed by atoms with Crippen LogP contribution in [0, 0.1) is 11.3 Å². The molecule has 36 heavy (non-hydrogen) atoms. The first kappa shape index (κ1) is 24.7. The molecule has 180 valence electrons. The monoisotopic (exact) mass is 495 g/mol. The van der Waals surface area contributed by atoms with Gasteiger partial charge in [-0.15, -0.1) is 11.3 Å². The fourth-order valence-corrected chi connectivity index (χ4v) is 4.79. The van der Waals surface area contributed by atoms with Crippen molar-refractivity contribution in [2.75, 3.05) is 12.4 Å². The van der Waals surface area contributed by atoms with Gasteiger partial charge in [-0.2, -0.15) is 5.26 Å². The van der Waals surface area contributed by atoms with E-state index in [9.17, 15) is 14.9 Å². The van der Waals surface area contributed by atoms with Gasteiger partial charge in [0.15, 0.2) is 5.57 Å². The molecule has 0 radical (unpaired) electrons. The largest absolute Gasteiger partial charge is 0.497 e. The quantitative estimate of drug-likeness (QED) is 0.435. The van der Waals surface area contributed by atoms with Crippen LogP contribution in [0.4, 0.5) is 5.69 Å². The Morgan fingerprint density at radius 2 is 1.78 bits per heavy atom. The first-order valence-corrected chi connectivity index (χ1v) is 12.2. The van der Waals surface area contributed by atoms with Crippen LogP contribution in [0.5, 0.6) is 5.75 Å². The average molecular weight is 496 g/mol. The molecule has 6 nitrogen and oxygen atoms in total. The number of nitriles is 1. The number of hydrogen-bond donors (Lipinski definition) is 1. The summed E-state index contributed by atoms with van der Waals surface area (Å²) in [7, 11) is 1.58. The van der Waals surface area contributed by atoms with Gasteiger partial charge in [0.25, 0.3) is 11.5 Å². The highest BCUT2D eigenvalue weighted by Gasteiger charge is 2.17. The predicted octanol–water partition coefficient (Wildman–Crippen LogP) is 4.17. The molecule has 4 rings (SSSR count). The number of aromatic nitrogens is 1. The molecular formula is C29H25N3O3S. The third kappa shape index (κ3) is 5.29. The van der Waals surface area contributed by atoms with Crippen LogP contribution in [0.1, 0.15) is 30.9 Å². The Labute approximate surface area is 213 Å². The van der Waals surface area contributed by atoms with Gasteiger partial charge in [-0.1, -0.05) is 56.3 Å². The smallest absolute Gasteiger partial charge is 0.273 e. The number of amides is 1. The second-order valence-electron chi connectivity index (χ2n) is 8.39. The molecule has 7 heteroatoms. The maximum atomic E-state index is 13.5. The standard InChI is InChI=1S/C29H25N3O3S/c1-19(2)21-12-14-22(15-13-21)31-27(33)25(18-30)29-32(23-9-5-4-6-10-23)28(34)26(36-29)17-20-8-7-11-24(16-20)35-3/h4-17,19H,1-3H3,(H,31,33)/b26-17+,29-25+. The zero-order chi connectivity index (χ0) is 25.7. The molecule has 0 saturated carbocycles. The molecular weight excluding hydrogens is 470 g/mol. The Balaban J connectivity index is 1.88. The molecule has 1 heterocycles. The second-order valence-corrected chi connectivity index (χ2v) is 9.42. The van der Waals surface area contributed by atoms with E-state index in [1.807, 2.05) is 60.7 Å². The maximum absolute atomic E-state index is 13.5. The van der Waals surface area contributed by atoms with Crippen molar-refractivity contribution in [3.8, 4) is 17.5 Å². The fourth-order valence-electron chi connectivity index (χ4n) is 3.68. The lowest BCUT2D eigenvalue weighted by atomic mass is 10.0. The highest BCUT2D eigenvalue weighted by Crippen LogP contribution is 2.18. The van der Waals surface area contributed by atoms with E-state index in [4.69, 9.17) is 4.74 Å². The highest BCUT2D eigenvalue weighted by molar-refractivity contribution is 7.07. The van der Waals surface area contributed by atoms with Gasteiger partial charge >= 0.3 is 0 Å². The summed E-state index contributed by atoms with van der Waals surface area (Å²) >= 11 is 1.10. The minimum Gasteiger partial charge on any atom is -0.497 e. The Morgan fingerprint density at radius 1 is 1.06 bits per heavy atom. The van der Waals surface area contributed by atoms with E-state index in [1.165, 1.54) is 4.57 Å². The summed E-state index contributed by atoms with van der Waals surface area (Å²) in [4.78, 5) is 26.7. The normalized spacial score (nSPS) is 12.2. The van der Waals surface area contributed by atoms with E-state index < -0.39 is 5.91 Å². The van der Waals surface area contributed by atoms with E-state index in [1.54, 1.807) is 37.5 Å². The Morgan fingerprint density at radius 3 is 2.42 bits per heavy atom. The second kappa shape index (κ2) is 10.9. The van der Waals surface area contributed by atoms with Crippen LogP contribution in [0.3, 0.4) is 0 Å². The molecule has 0 saturated heterocycles. The van der Waals surface area contributed by atoms with Crippen molar-refractivity contribution in [3.05, 3.63) is 110 Å². The summed E-state index contributed by atoms with van der Waals surface area (Å²) in [5.74, 6) is 0.450. The number of anilines is 1. The zero-order valence-corrected chi connectivity index (χ0v) is 21.0. The summed E-state index contributed by atoms with van der Waals surface area (Å²) in [6, 6.07) is 25.8. The van der Waals surface area contributed by atoms with E-state index in [0.717, 1.165) is 22.5 Å². The average Bonchev–Trinajstić information content (AvgIpc) is 3.20. The minimum atomic E-state index is -0.575. The number of para-hydroxylation sites is 1. The molecule has 1 aromatic heterocycles. The number of ether oxygens (including phenoxy) is 1. The van der Waals surface area contributed by atoms with E-state index >= 15 is 0 Å². The third-order valence-electron chi connectivity index (χ3n) is 5.62. The molecule has 1 N–H and O–H groups in total. The van der Waals surface area contributed by atoms with Gasteiger partial charge in [0.1, 0.15) is 16.5 Å². The summed E-state index contributed by atoms with van der Waals surface area (Å²) in [5, 5.41) is 12.8. The molecule has 0 aliphatic carbocycles. The lowest BCUT2D eigenvalue weighted by Crippen LogP contribution is -2.32. The summed E-state index contributed by atoms with van der Waals surface area (Å²) in [5.41, 5.74) is 2.61. The zero-order valence-electron chi connectivity index (χ0n) is 20.2. The predicted molar refractivity (Wildman–Crippen MR) is 144 cm³/mol. The Hall–Kier alpha value is -4.41. The number of carbonyl (C=O) groups excluding carboxylic acids is 1. The van der Waals surface area contributed by atoms with Crippen molar-refractivity contribution in [1.29, 1.82) is 5.26 Å². The fraction of sp³-hybridized carbons (Fsp3) is 0.138. The highest BCUT2D eigenvalue weighted by atomic mass is 32.1. The number of rotatable bonds is 6. The lowest BCUT2D eigenvalue weighted by Gasteiger charge is -2.08. The third-order valence-corrected chi connectivity index (χ3v) is 6.71. The van der Waals surface area contributed by atoms with Crippen molar-refractivity contribution >= 4 is 34.6 Å². The number of benzene rings is 3. The van der Waals surface area contributed by atoms with Gasteiger partial charge in [0.2, 0.25) is 0 Å². The summed E-state index contributed by atoms with van der Waals surface area (Å²) in [6.07, 6.45) is 1.73. The van der Waals surface area contributed by atoms with Crippen LogP contribution < -0.4 is 24.8 Å². The SMILES string of the molecule is COc1cccc(/C=c2/s/c(=C(\C#N)C(=O)Nc3ccc(C(C)C)cc3)n(-c3ccccc3)c2=O)c1. The molecule has 0 atom stereocenters. The number of thiazole rings is 1. The number of methoxy groups -OCH3 is 1. The molecule has 0 unspecified atom stereocenters. The van der Waals surface area contributed by atoms with Crippen molar-refractivity contribution < 1.29 is 9.53 Å². The number of carbonyl (C=O) groups is 1. The van der Waals surface area contributed by atoms with Crippen LogP contribution in [0.25, 0.3) is 17.3 Å². The van der Waals surface area contributed by atoms with Gasteiger partial charge in [0.05, 0.1) is 17.3 Å². The molecule has 0 fully saturated rings. The Bertz CT molecular complexity index is 1610. The summed E-state index contributed by atoms with van der Waals surface area (Å²) < 4.78 is 7.35. The van der Waals surface area contributed by atoms with Crippen LogP contribution in [-0.2, 0) is 4.79 Å². The molecule has 0 bridgehead atoms. The van der Waals surface area contributed by atoms with Crippen molar-refractivity contribution in [3.63, 3.8) is 0 Å².